The molecule has 94 valence electrons. The Morgan fingerprint density at radius 1 is 1.35 bits per heavy atom. The van der Waals surface area contributed by atoms with Crippen LogP contribution in [0.15, 0.2) is 24.3 Å². The normalized spacial score (nSPS) is 10.3. The molecule has 1 amide bonds. The van der Waals surface area contributed by atoms with Crippen LogP contribution in [0.1, 0.15) is 22.8 Å². The molecule has 4 heteroatoms. The number of likely N-dealkylation sites (N-methyl/N-ethyl adjacent to an activating group) is 1. The summed E-state index contributed by atoms with van der Waals surface area (Å²) in [4.78, 5) is 13.7. The maximum atomic E-state index is 12.0. The number of ether oxygens (including phenoxy) is 1. The lowest BCUT2D eigenvalue weighted by Gasteiger charge is -2.17. The summed E-state index contributed by atoms with van der Waals surface area (Å²) in [7, 11) is 1.79. The first-order valence-corrected chi connectivity index (χ1v) is 6.79. The van der Waals surface area contributed by atoms with E-state index in [1.54, 1.807) is 11.9 Å². The molecule has 1 rings (SSSR count). The van der Waals surface area contributed by atoms with Crippen LogP contribution >= 0.6 is 15.9 Å². The largest absolute Gasteiger partial charge is 0.380 e. The molecule has 1 aromatic carbocycles. The second-order valence-corrected chi connectivity index (χ2v) is 4.31. The van der Waals surface area contributed by atoms with Crippen LogP contribution in [0.4, 0.5) is 0 Å². The van der Waals surface area contributed by atoms with Crippen LogP contribution in [0, 0.1) is 0 Å². The third kappa shape index (κ3) is 4.48. The number of hydrogen-bond donors (Lipinski definition) is 0. The van der Waals surface area contributed by atoms with Gasteiger partial charge < -0.3 is 9.64 Å². The van der Waals surface area contributed by atoms with Gasteiger partial charge in [0.05, 0.1) is 6.61 Å². The molecule has 0 aliphatic rings. The highest BCUT2D eigenvalue weighted by atomic mass is 79.9. The van der Waals surface area contributed by atoms with Gasteiger partial charge in [0.2, 0.25) is 0 Å². The minimum atomic E-state index is 0.0332. The molecule has 0 atom stereocenters. The van der Waals surface area contributed by atoms with E-state index in [1.807, 2.05) is 31.2 Å². The van der Waals surface area contributed by atoms with Gasteiger partial charge in [-0.15, -0.1) is 0 Å². The number of alkyl halides is 1. The van der Waals surface area contributed by atoms with Crippen LogP contribution in [0.5, 0.6) is 0 Å². The second-order valence-electron chi connectivity index (χ2n) is 3.75. The molecule has 1 aromatic rings. The van der Waals surface area contributed by atoms with E-state index in [4.69, 9.17) is 4.74 Å². The van der Waals surface area contributed by atoms with Gasteiger partial charge in [0.15, 0.2) is 0 Å². The fourth-order valence-electron chi connectivity index (χ4n) is 1.40. The van der Waals surface area contributed by atoms with Gasteiger partial charge in [-0.2, -0.15) is 0 Å². The molecule has 0 unspecified atom stereocenters. The number of amides is 1. The van der Waals surface area contributed by atoms with Gasteiger partial charge in [-0.25, -0.2) is 0 Å². The van der Waals surface area contributed by atoms with Crippen molar-refractivity contribution in [2.24, 2.45) is 0 Å². The van der Waals surface area contributed by atoms with E-state index in [0.29, 0.717) is 25.3 Å². The number of rotatable bonds is 6. The van der Waals surface area contributed by atoms with Crippen LogP contribution < -0.4 is 0 Å². The molecule has 3 nitrogen and oxygen atoms in total. The fourth-order valence-corrected chi connectivity index (χ4v) is 1.78. The number of halogens is 1. The Kier molecular flexibility index (Phi) is 6.22. The molecule has 0 heterocycles. The van der Waals surface area contributed by atoms with Gasteiger partial charge >= 0.3 is 0 Å². The van der Waals surface area contributed by atoms with Crippen molar-refractivity contribution in [2.45, 2.75) is 12.3 Å². The Labute approximate surface area is 111 Å². The Morgan fingerprint density at radius 3 is 2.53 bits per heavy atom. The molecule has 0 aliphatic heterocycles. The van der Waals surface area contributed by atoms with Crippen molar-refractivity contribution in [3.8, 4) is 0 Å². The summed E-state index contributed by atoms with van der Waals surface area (Å²) < 4.78 is 5.23. The molecule has 0 N–H and O–H groups in total. The minimum absolute atomic E-state index is 0.0332. The highest BCUT2D eigenvalue weighted by molar-refractivity contribution is 9.08. The Bertz CT molecular complexity index is 351. The molecule has 0 radical (unpaired) electrons. The van der Waals surface area contributed by atoms with Crippen molar-refractivity contribution in [1.82, 2.24) is 4.90 Å². The zero-order valence-corrected chi connectivity index (χ0v) is 11.9. The Hall–Kier alpha value is -0.870. The molecular weight excluding hydrogens is 282 g/mol. The minimum Gasteiger partial charge on any atom is -0.380 e. The Morgan fingerprint density at radius 2 is 2.00 bits per heavy atom. The number of hydrogen-bond acceptors (Lipinski definition) is 2. The summed E-state index contributed by atoms with van der Waals surface area (Å²) in [6.07, 6.45) is 0. The lowest BCUT2D eigenvalue weighted by atomic mass is 10.1. The molecule has 0 spiro atoms. The predicted molar refractivity (Wildman–Crippen MR) is 72.5 cm³/mol. The fraction of sp³-hybridized carbons (Fsp3) is 0.462. The highest BCUT2D eigenvalue weighted by Crippen LogP contribution is 2.09. The van der Waals surface area contributed by atoms with Crippen LogP contribution in [0.3, 0.4) is 0 Å². The molecule has 0 saturated carbocycles. The monoisotopic (exact) mass is 299 g/mol. The smallest absolute Gasteiger partial charge is 0.253 e. The lowest BCUT2D eigenvalue weighted by molar-refractivity contribution is 0.0710. The average Bonchev–Trinajstić information content (AvgIpc) is 2.38. The molecule has 0 aromatic heterocycles. The molecular formula is C13H18BrNO2. The summed E-state index contributed by atoms with van der Waals surface area (Å²) in [6, 6.07) is 7.63. The van der Waals surface area contributed by atoms with E-state index in [-0.39, 0.29) is 5.91 Å². The number of carbonyl (C=O) groups is 1. The van der Waals surface area contributed by atoms with E-state index < -0.39 is 0 Å². The maximum absolute atomic E-state index is 12.0. The third-order valence-electron chi connectivity index (χ3n) is 2.48. The molecule has 17 heavy (non-hydrogen) atoms. The number of nitrogens with zero attached hydrogens (tertiary/aromatic N) is 1. The highest BCUT2D eigenvalue weighted by Gasteiger charge is 2.10. The van der Waals surface area contributed by atoms with E-state index in [9.17, 15) is 4.79 Å². The van der Waals surface area contributed by atoms with Gasteiger partial charge in [0.25, 0.3) is 5.91 Å². The quantitative estimate of drug-likeness (QED) is 0.597. The number of benzene rings is 1. The SMILES string of the molecule is CCOCCN(C)C(=O)c1ccc(CBr)cc1. The van der Waals surface area contributed by atoms with Gasteiger partial charge in [0, 0.05) is 31.1 Å². The summed E-state index contributed by atoms with van der Waals surface area (Å²) >= 11 is 3.38. The zero-order chi connectivity index (χ0) is 12.7. The third-order valence-corrected chi connectivity index (χ3v) is 3.12. The van der Waals surface area contributed by atoms with Crippen LogP contribution in [-0.2, 0) is 10.1 Å². The van der Waals surface area contributed by atoms with Crippen molar-refractivity contribution in [1.29, 1.82) is 0 Å². The first-order valence-electron chi connectivity index (χ1n) is 5.67. The van der Waals surface area contributed by atoms with Crippen LogP contribution in [0.25, 0.3) is 0 Å². The van der Waals surface area contributed by atoms with Gasteiger partial charge in [0.1, 0.15) is 0 Å². The van der Waals surface area contributed by atoms with E-state index in [2.05, 4.69) is 15.9 Å². The Balaban J connectivity index is 2.55. The number of carbonyl (C=O) groups excluding carboxylic acids is 1. The van der Waals surface area contributed by atoms with Crippen LogP contribution in [-0.4, -0.2) is 37.6 Å². The second kappa shape index (κ2) is 7.45. The van der Waals surface area contributed by atoms with Crippen molar-refractivity contribution in [3.05, 3.63) is 35.4 Å². The van der Waals surface area contributed by atoms with E-state index in [0.717, 1.165) is 5.33 Å². The first kappa shape index (κ1) is 14.2. The summed E-state index contributed by atoms with van der Waals surface area (Å²) in [5.41, 5.74) is 1.88. The van der Waals surface area contributed by atoms with E-state index >= 15 is 0 Å². The van der Waals surface area contributed by atoms with E-state index in [1.165, 1.54) is 5.56 Å². The van der Waals surface area contributed by atoms with Crippen molar-refractivity contribution < 1.29 is 9.53 Å². The zero-order valence-electron chi connectivity index (χ0n) is 10.3. The molecule has 0 saturated heterocycles. The topological polar surface area (TPSA) is 29.5 Å². The van der Waals surface area contributed by atoms with Crippen molar-refractivity contribution in [3.63, 3.8) is 0 Å². The van der Waals surface area contributed by atoms with Crippen molar-refractivity contribution >= 4 is 21.8 Å². The van der Waals surface area contributed by atoms with Gasteiger partial charge in [-0.3, -0.25) is 4.79 Å². The average molecular weight is 300 g/mol. The standard InChI is InChI=1S/C13H18BrNO2/c1-3-17-9-8-15(2)13(16)12-6-4-11(10-14)5-7-12/h4-7H,3,8-10H2,1-2H3. The molecule has 0 fully saturated rings. The predicted octanol–water partition coefficient (Wildman–Crippen LogP) is 2.69. The summed E-state index contributed by atoms with van der Waals surface area (Å²) in [5.74, 6) is 0.0332. The van der Waals surface area contributed by atoms with Crippen LogP contribution in [0.2, 0.25) is 0 Å². The van der Waals surface area contributed by atoms with Crippen molar-refractivity contribution in [2.75, 3.05) is 26.8 Å². The maximum Gasteiger partial charge on any atom is 0.253 e. The molecule has 0 aliphatic carbocycles. The first-order chi connectivity index (χ1) is 8.19. The summed E-state index contributed by atoms with van der Waals surface area (Å²) in [5, 5.41) is 0.807. The molecule has 0 bridgehead atoms. The van der Waals surface area contributed by atoms with Gasteiger partial charge in [-0.1, -0.05) is 28.1 Å². The lowest BCUT2D eigenvalue weighted by Crippen LogP contribution is -2.30. The summed E-state index contributed by atoms with van der Waals surface area (Å²) in [6.45, 7) is 3.83. The van der Waals surface area contributed by atoms with Gasteiger partial charge in [-0.05, 0) is 24.6 Å².